The molecule has 0 amide bonds. The lowest BCUT2D eigenvalue weighted by Gasteiger charge is -2.53. The molecule has 0 bridgehead atoms. The SMILES string of the molecule is CCC12OC(C)(CC/C=C(\C)CCC/C(C)=C/CCC(C)C(=O)O)CCC1=CC=C(C)C2C. The number of rotatable bonds is 12. The molecule has 0 aromatic heterocycles. The minimum atomic E-state index is -0.698. The van der Waals surface area contributed by atoms with Gasteiger partial charge in [0.05, 0.1) is 17.1 Å². The third-order valence-electron chi connectivity index (χ3n) is 8.17. The average Bonchev–Trinajstić information content (AvgIpc) is 2.76. The number of fused-ring (bicyclic) bond motifs is 1. The summed E-state index contributed by atoms with van der Waals surface area (Å²) < 4.78 is 6.98. The number of carboxylic acids is 1. The third-order valence-corrected chi connectivity index (χ3v) is 8.17. The number of allylic oxidation sites excluding steroid dienone is 6. The second-order valence-corrected chi connectivity index (χ2v) is 10.9. The topological polar surface area (TPSA) is 46.5 Å². The lowest BCUT2D eigenvalue weighted by atomic mass is 9.68. The number of carboxylic acid groups (broad SMARTS) is 1. The molecule has 4 unspecified atom stereocenters. The molecule has 0 saturated carbocycles. The summed E-state index contributed by atoms with van der Waals surface area (Å²) in [6.07, 6.45) is 19.7. The number of aliphatic carboxylic acids is 1. The average molecular weight is 457 g/mol. The Morgan fingerprint density at radius 2 is 1.85 bits per heavy atom. The van der Waals surface area contributed by atoms with E-state index in [0.717, 1.165) is 64.2 Å². The first-order chi connectivity index (χ1) is 15.5. The standard InChI is InChI=1S/C30H48O3/c1-8-30-26(6)24(4)17-18-27(30)19-21-29(7,33-30)20-11-15-23(3)13-9-12-22(2)14-10-16-25(5)28(31)32/h14-15,17-18,25-26H,8-13,16,19-21H2,1-7H3,(H,31,32)/b22-14+,23-15+. The maximum absolute atomic E-state index is 10.9. The zero-order valence-corrected chi connectivity index (χ0v) is 22.3. The van der Waals surface area contributed by atoms with Crippen molar-refractivity contribution in [1.29, 1.82) is 0 Å². The van der Waals surface area contributed by atoms with E-state index >= 15 is 0 Å². The van der Waals surface area contributed by atoms with Gasteiger partial charge in [0.25, 0.3) is 0 Å². The van der Waals surface area contributed by atoms with E-state index in [0.29, 0.717) is 5.92 Å². The van der Waals surface area contributed by atoms with Crippen LogP contribution in [-0.2, 0) is 9.53 Å². The smallest absolute Gasteiger partial charge is 0.306 e. The summed E-state index contributed by atoms with van der Waals surface area (Å²) >= 11 is 0. The second kappa shape index (κ2) is 12.2. The Morgan fingerprint density at radius 1 is 1.21 bits per heavy atom. The molecule has 1 aliphatic heterocycles. The van der Waals surface area contributed by atoms with Gasteiger partial charge in [-0.25, -0.2) is 0 Å². The van der Waals surface area contributed by atoms with Crippen molar-refractivity contribution in [3.63, 3.8) is 0 Å². The first kappa shape index (κ1) is 27.6. The summed E-state index contributed by atoms with van der Waals surface area (Å²) in [5.41, 5.74) is 5.61. The van der Waals surface area contributed by atoms with Gasteiger partial charge >= 0.3 is 5.97 Å². The van der Waals surface area contributed by atoms with Crippen molar-refractivity contribution in [1.82, 2.24) is 0 Å². The highest BCUT2D eigenvalue weighted by Gasteiger charge is 2.49. The van der Waals surface area contributed by atoms with Gasteiger partial charge in [0.1, 0.15) is 0 Å². The van der Waals surface area contributed by atoms with Crippen LogP contribution in [0.3, 0.4) is 0 Å². The van der Waals surface area contributed by atoms with Crippen molar-refractivity contribution in [3.05, 3.63) is 46.6 Å². The van der Waals surface area contributed by atoms with Gasteiger partial charge in [0.15, 0.2) is 0 Å². The van der Waals surface area contributed by atoms with Crippen molar-refractivity contribution in [2.75, 3.05) is 0 Å². The molecule has 33 heavy (non-hydrogen) atoms. The van der Waals surface area contributed by atoms with E-state index in [1.54, 1.807) is 6.92 Å². The summed E-state index contributed by atoms with van der Waals surface area (Å²) in [5.74, 6) is -0.509. The molecule has 0 aromatic carbocycles. The normalized spacial score (nSPS) is 29.2. The maximum atomic E-state index is 10.9. The molecule has 2 aliphatic rings. The molecule has 4 atom stereocenters. The monoisotopic (exact) mass is 456 g/mol. The van der Waals surface area contributed by atoms with Crippen molar-refractivity contribution in [2.45, 2.75) is 124 Å². The highest BCUT2D eigenvalue weighted by atomic mass is 16.5. The summed E-state index contributed by atoms with van der Waals surface area (Å²) in [5, 5.41) is 8.98. The van der Waals surface area contributed by atoms with Gasteiger partial charge in [-0.3, -0.25) is 4.79 Å². The van der Waals surface area contributed by atoms with Gasteiger partial charge in [-0.05, 0) is 97.5 Å². The van der Waals surface area contributed by atoms with Gasteiger partial charge in [-0.2, -0.15) is 0 Å². The van der Waals surface area contributed by atoms with Gasteiger partial charge in [-0.1, -0.05) is 61.8 Å². The first-order valence-corrected chi connectivity index (χ1v) is 13.1. The molecule has 1 heterocycles. The van der Waals surface area contributed by atoms with Crippen LogP contribution >= 0.6 is 0 Å². The van der Waals surface area contributed by atoms with Crippen molar-refractivity contribution in [3.8, 4) is 0 Å². The Balaban J connectivity index is 1.79. The Hall–Kier alpha value is -1.61. The molecule has 2 rings (SSSR count). The Bertz CT molecular complexity index is 799. The number of hydrogen-bond acceptors (Lipinski definition) is 2. The fraction of sp³-hybridized carbons (Fsp3) is 0.700. The quantitative estimate of drug-likeness (QED) is 0.299. The van der Waals surface area contributed by atoms with E-state index < -0.39 is 5.97 Å². The van der Waals surface area contributed by atoms with E-state index in [1.807, 2.05) is 0 Å². The molecular weight excluding hydrogens is 408 g/mol. The fourth-order valence-electron chi connectivity index (χ4n) is 5.46. The minimum absolute atomic E-state index is 0.0532. The van der Waals surface area contributed by atoms with Gasteiger partial charge in [-0.15, -0.1) is 0 Å². The lowest BCUT2D eigenvalue weighted by molar-refractivity contribution is -0.175. The van der Waals surface area contributed by atoms with Crippen LogP contribution in [0.4, 0.5) is 0 Å². The van der Waals surface area contributed by atoms with Gasteiger partial charge in [0, 0.05) is 5.92 Å². The van der Waals surface area contributed by atoms with Crippen molar-refractivity contribution in [2.24, 2.45) is 11.8 Å². The second-order valence-electron chi connectivity index (χ2n) is 10.9. The van der Waals surface area contributed by atoms with Crippen LogP contribution in [0, 0.1) is 11.8 Å². The summed E-state index contributed by atoms with van der Waals surface area (Å²) in [7, 11) is 0. The molecule has 1 aliphatic carbocycles. The highest BCUT2D eigenvalue weighted by Crippen LogP contribution is 2.50. The molecule has 1 saturated heterocycles. The summed E-state index contributed by atoms with van der Waals surface area (Å²) in [6, 6.07) is 0. The Kier molecular flexibility index (Phi) is 10.2. The van der Waals surface area contributed by atoms with Crippen LogP contribution in [0.15, 0.2) is 46.6 Å². The largest absolute Gasteiger partial charge is 0.481 e. The van der Waals surface area contributed by atoms with E-state index in [9.17, 15) is 4.79 Å². The number of ether oxygens (including phenoxy) is 1. The zero-order chi connectivity index (χ0) is 24.6. The summed E-state index contributed by atoms with van der Waals surface area (Å²) in [4.78, 5) is 10.9. The molecular formula is C30H48O3. The Morgan fingerprint density at radius 3 is 2.45 bits per heavy atom. The zero-order valence-electron chi connectivity index (χ0n) is 22.3. The van der Waals surface area contributed by atoms with Crippen molar-refractivity contribution < 1.29 is 14.6 Å². The highest BCUT2D eigenvalue weighted by molar-refractivity contribution is 5.69. The first-order valence-electron chi connectivity index (χ1n) is 13.1. The van der Waals surface area contributed by atoms with Crippen LogP contribution in [0.1, 0.15) is 113 Å². The maximum Gasteiger partial charge on any atom is 0.306 e. The van der Waals surface area contributed by atoms with Crippen LogP contribution in [0.2, 0.25) is 0 Å². The molecule has 0 spiro atoms. The molecule has 0 radical (unpaired) electrons. The minimum Gasteiger partial charge on any atom is -0.481 e. The Labute approximate surface area is 203 Å². The molecule has 1 fully saturated rings. The summed E-state index contributed by atoms with van der Waals surface area (Å²) in [6.45, 7) is 15.4. The van der Waals surface area contributed by atoms with Crippen LogP contribution < -0.4 is 0 Å². The lowest BCUT2D eigenvalue weighted by Crippen LogP contribution is -2.53. The van der Waals surface area contributed by atoms with Crippen LogP contribution in [0.5, 0.6) is 0 Å². The van der Waals surface area contributed by atoms with E-state index in [-0.39, 0.29) is 17.1 Å². The fourth-order valence-corrected chi connectivity index (χ4v) is 5.46. The molecule has 3 nitrogen and oxygen atoms in total. The van der Waals surface area contributed by atoms with Gasteiger partial charge < -0.3 is 9.84 Å². The van der Waals surface area contributed by atoms with Crippen molar-refractivity contribution >= 4 is 5.97 Å². The van der Waals surface area contributed by atoms with Crippen LogP contribution in [-0.4, -0.2) is 22.3 Å². The third kappa shape index (κ3) is 7.44. The van der Waals surface area contributed by atoms with E-state index in [1.165, 1.54) is 22.3 Å². The molecule has 3 heteroatoms. The molecule has 186 valence electrons. The van der Waals surface area contributed by atoms with E-state index in [2.05, 4.69) is 65.8 Å². The predicted octanol–water partition coefficient (Wildman–Crippen LogP) is 8.57. The number of hydrogen-bond donors (Lipinski definition) is 1. The van der Waals surface area contributed by atoms with Gasteiger partial charge in [0.2, 0.25) is 0 Å². The molecule has 0 aromatic rings. The number of carbonyl (C=O) groups is 1. The predicted molar refractivity (Wildman–Crippen MR) is 139 cm³/mol. The van der Waals surface area contributed by atoms with Crippen LogP contribution in [0.25, 0.3) is 0 Å². The van der Waals surface area contributed by atoms with E-state index in [4.69, 9.17) is 9.84 Å². The molecule has 1 N–H and O–H groups in total.